The number of nitrogens with two attached hydrogens (primary N) is 1. The van der Waals surface area contributed by atoms with E-state index in [-0.39, 0.29) is 10.8 Å². The summed E-state index contributed by atoms with van der Waals surface area (Å²) >= 11 is 6.75. The molecule has 1 aromatic carbocycles. The summed E-state index contributed by atoms with van der Waals surface area (Å²) in [4.78, 5) is 0.227. The summed E-state index contributed by atoms with van der Waals surface area (Å²) in [5, 5.41) is 3.99. The third-order valence-electron chi connectivity index (χ3n) is 3.57. The van der Waals surface area contributed by atoms with Gasteiger partial charge >= 0.3 is 0 Å². The smallest absolute Gasteiger partial charge is 0.146 e. The van der Waals surface area contributed by atoms with Crippen molar-refractivity contribution in [3.05, 3.63) is 29.6 Å². The number of nitrogens with one attached hydrogen (secondary N) is 1. The van der Waals surface area contributed by atoms with Crippen molar-refractivity contribution < 1.29 is 4.39 Å². The van der Waals surface area contributed by atoms with E-state index >= 15 is 0 Å². The van der Waals surface area contributed by atoms with Crippen molar-refractivity contribution in [2.45, 2.75) is 37.0 Å². The summed E-state index contributed by atoms with van der Waals surface area (Å²) in [7, 11) is 0. The van der Waals surface area contributed by atoms with Gasteiger partial charge in [-0.25, -0.2) is 4.39 Å². The standard InChI is InChI=1S/C14H19FN2S2/c1-19-11-4-2-3-10(8-11)17-13-6-5-9(14(16)18)7-12(13)15/h5-7,10-11,17H,2-4,8H2,1H3,(H2,16,18). The fourth-order valence-corrected chi connectivity index (χ4v) is 3.45. The number of benzene rings is 1. The molecule has 2 nitrogen and oxygen atoms in total. The quantitative estimate of drug-likeness (QED) is 0.834. The van der Waals surface area contributed by atoms with E-state index in [1.54, 1.807) is 12.1 Å². The van der Waals surface area contributed by atoms with Crippen LogP contribution in [-0.4, -0.2) is 22.5 Å². The first kappa shape index (κ1) is 14.6. The summed E-state index contributed by atoms with van der Waals surface area (Å²) in [5.41, 5.74) is 6.62. The zero-order valence-corrected chi connectivity index (χ0v) is 12.6. The monoisotopic (exact) mass is 298 g/mol. The summed E-state index contributed by atoms with van der Waals surface area (Å²) in [6.45, 7) is 0. The minimum atomic E-state index is -0.281. The molecule has 0 aliphatic heterocycles. The molecule has 2 rings (SSSR count). The van der Waals surface area contributed by atoms with Crippen LogP contribution in [0.4, 0.5) is 10.1 Å². The minimum Gasteiger partial charge on any atom is -0.389 e. The highest BCUT2D eigenvalue weighted by molar-refractivity contribution is 7.99. The zero-order chi connectivity index (χ0) is 13.8. The minimum absolute atomic E-state index is 0.227. The Kier molecular flexibility index (Phi) is 5.05. The highest BCUT2D eigenvalue weighted by Crippen LogP contribution is 2.29. The highest BCUT2D eigenvalue weighted by Gasteiger charge is 2.21. The van der Waals surface area contributed by atoms with Crippen LogP contribution in [-0.2, 0) is 0 Å². The molecule has 104 valence electrons. The number of thioether (sulfide) groups is 1. The van der Waals surface area contributed by atoms with Gasteiger partial charge in [0.1, 0.15) is 10.8 Å². The van der Waals surface area contributed by atoms with Gasteiger partial charge < -0.3 is 11.1 Å². The predicted molar refractivity (Wildman–Crippen MR) is 85.5 cm³/mol. The normalized spacial score (nSPS) is 23.1. The molecule has 2 unspecified atom stereocenters. The van der Waals surface area contributed by atoms with E-state index in [2.05, 4.69) is 11.6 Å². The summed E-state index contributed by atoms with van der Waals surface area (Å²) in [6.07, 6.45) is 6.81. The average Bonchev–Trinajstić information content (AvgIpc) is 2.41. The Bertz CT molecular complexity index is 465. The summed E-state index contributed by atoms with van der Waals surface area (Å²) < 4.78 is 14.0. The lowest BCUT2D eigenvalue weighted by Crippen LogP contribution is -2.28. The van der Waals surface area contributed by atoms with Gasteiger partial charge in [-0.05, 0) is 43.7 Å². The van der Waals surface area contributed by atoms with Crippen molar-refractivity contribution in [1.29, 1.82) is 0 Å². The Balaban J connectivity index is 2.04. The highest BCUT2D eigenvalue weighted by atomic mass is 32.2. The molecule has 0 aromatic heterocycles. The van der Waals surface area contributed by atoms with Crippen LogP contribution < -0.4 is 11.1 Å². The van der Waals surface area contributed by atoms with E-state index in [4.69, 9.17) is 18.0 Å². The van der Waals surface area contributed by atoms with Crippen LogP contribution in [0.2, 0.25) is 0 Å². The number of rotatable bonds is 4. The fourth-order valence-electron chi connectivity index (χ4n) is 2.50. The molecule has 0 radical (unpaired) electrons. The summed E-state index contributed by atoms with van der Waals surface area (Å²) in [6, 6.07) is 5.26. The molecular formula is C14H19FN2S2. The number of thiocarbonyl (C=S) groups is 1. The summed E-state index contributed by atoms with van der Waals surface area (Å²) in [5.74, 6) is -0.281. The van der Waals surface area contributed by atoms with Gasteiger partial charge in [0.25, 0.3) is 0 Å². The molecule has 1 saturated carbocycles. The SMILES string of the molecule is CSC1CCCC(Nc2ccc(C(N)=S)cc2F)C1. The first-order valence-corrected chi connectivity index (χ1v) is 8.18. The molecule has 0 spiro atoms. The van der Waals surface area contributed by atoms with E-state index in [1.165, 1.54) is 18.9 Å². The Morgan fingerprint density at radius 1 is 1.47 bits per heavy atom. The Hall–Kier alpha value is -0.810. The maximum absolute atomic E-state index is 14.0. The first-order chi connectivity index (χ1) is 9.10. The number of halogens is 1. The largest absolute Gasteiger partial charge is 0.389 e. The molecule has 0 amide bonds. The molecule has 0 saturated heterocycles. The van der Waals surface area contributed by atoms with Crippen LogP contribution in [0.15, 0.2) is 18.2 Å². The van der Waals surface area contributed by atoms with Crippen LogP contribution in [0.1, 0.15) is 31.2 Å². The van der Waals surface area contributed by atoms with Gasteiger partial charge in [0, 0.05) is 16.9 Å². The van der Waals surface area contributed by atoms with E-state index in [1.807, 2.05) is 11.8 Å². The lowest BCUT2D eigenvalue weighted by Gasteiger charge is -2.29. The molecule has 0 heterocycles. The Morgan fingerprint density at radius 3 is 2.89 bits per heavy atom. The molecule has 5 heteroatoms. The zero-order valence-electron chi connectivity index (χ0n) is 11.0. The van der Waals surface area contributed by atoms with Crippen molar-refractivity contribution in [3.8, 4) is 0 Å². The van der Waals surface area contributed by atoms with Gasteiger partial charge in [-0.2, -0.15) is 11.8 Å². The maximum Gasteiger partial charge on any atom is 0.146 e. The lowest BCUT2D eigenvalue weighted by atomic mass is 9.94. The molecule has 3 N–H and O–H groups in total. The average molecular weight is 298 g/mol. The first-order valence-electron chi connectivity index (χ1n) is 6.49. The molecule has 19 heavy (non-hydrogen) atoms. The van der Waals surface area contributed by atoms with Crippen molar-refractivity contribution >= 4 is 34.7 Å². The second-order valence-corrected chi connectivity index (χ2v) is 6.50. The topological polar surface area (TPSA) is 38.0 Å². The van der Waals surface area contributed by atoms with Crippen LogP contribution in [0.5, 0.6) is 0 Å². The predicted octanol–water partition coefficient (Wildman–Crippen LogP) is 3.55. The Morgan fingerprint density at radius 2 is 2.26 bits per heavy atom. The van der Waals surface area contributed by atoms with Gasteiger partial charge in [0.05, 0.1) is 5.69 Å². The van der Waals surface area contributed by atoms with Crippen LogP contribution in [0, 0.1) is 5.82 Å². The van der Waals surface area contributed by atoms with E-state index < -0.39 is 0 Å². The molecule has 0 bridgehead atoms. The van der Waals surface area contributed by atoms with Crippen LogP contribution in [0.3, 0.4) is 0 Å². The van der Waals surface area contributed by atoms with Crippen LogP contribution in [0.25, 0.3) is 0 Å². The number of hydrogen-bond acceptors (Lipinski definition) is 3. The van der Waals surface area contributed by atoms with E-state index in [0.29, 0.717) is 22.5 Å². The van der Waals surface area contributed by atoms with Crippen molar-refractivity contribution in [3.63, 3.8) is 0 Å². The third kappa shape index (κ3) is 3.83. The van der Waals surface area contributed by atoms with Crippen molar-refractivity contribution in [2.24, 2.45) is 5.73 Å². The second kappa shape index (κ2) is 6.57. The van der Waals surface area contributed by atoms with Crippen LogP contribution >= 0.6 is 24.0 Å². The molecule has 1 aromatic rings. The van der Waals surface area contributed by atoms with Gasteiger partial charge in [0.2, 0.25) is 0 Å². The lowest BCUT2D eigenvalue weighted by molar-refractivity contribution is 0.471. The van der Waals surface area contributed by atoms with Gasteiger partial charge in [0.15, 0.2) is 0 Å². The van der Waals surface area contributed by atoms with Gasteiger partial charge in [-0.3, -0.25) is 0 Å². The fraction of sp³-hybridized carbons (Fsp3) is 0.500. The Labute approximate surface area is 123 Å². The second-order valence-electron chi connectivity index (χ2n) is 4.92. The van der Waals surface area contributed by atoms with Crippen molar-refractivity contribution in [2.75, 3.05) is 11.6 Å². The molecule has 1 aliphatic rings. The molecule has 1 fully saturated rings. The van der Waals surface area contributed by atoms with Crippen molar-refractivity contribution in [1.82, 2.24) is 0 Å². The van der Waals surface area contributed by atoms with E-state index in [9.17, 15) is 4.39 Å². The molecule has 2 atom stereocenters. The number of anilines is 1. The van der Waals surface area contributed by atoms with Gasteiger partial charge in [-0.15, -0.1) is 0 Å². The van der Waals surface area contributed by atoms with E-state index in [0.717, 1.165) is 12.8 Å². The molecule has 1 aliphatic carbocycles. The maximum atomic E-state index is 14.0. The molecular weight excluding hydrogens is 279 g/mol. The third-order valence-corrected chi connectivity index (χ3v) is 4.90. The van der Waals surface area contributed by atoms with Gasteiger partial charge in [-0.1, -0.05) is 18.6 Å². The number of hydrogen-bond donors (Lipinski definition) is 2.